The molecule has 0 aliphatic carbocycles. The molecular weight excluding hydrogens is 235 g/mol. The summed E-state index contributed by atoms with van der Waals surface area (Å²) in [6.07, 6.45) is 1.01. The Morgan fingerprint density at radius 3 is 1.81 bits per heavy atom. The molecule has 0 aliphatic rings. The lowest BCUT2D eigenvalue weighted by Crippen LogP contribution is -1.94. The third kappa shape index (κ3) is 10.8. The third-order valence-corrected chi connectivity index (χ3v) is 2.25. The average molecular weight is 248 g/mol. The van der Waals surface area contributed by atoms with E-state index in [-0.39, 0.29) is 13.2 Å². The smallest absolute Gasteiger partial charge is 0.311 e. The fourth-order valence-corrected chi connectivity index (χ4v) is 1.42. The van der Waals surface area contributed by atoms with Crippen LogP contribution in [0.5, 0.6) is 0 Å². The maximum Gasteiger partial charge on any atom is 0.319 e. The van der Waals surface area contributed by atoms with Gasteiger partial charge in [0.15, 0.2) is 0 Å². The summed E-state index contributed by atoms with van der Waals surface area (Å²) in [5, 5.41) is 6.57. The highest BCUT2D eigenvalue weighted by Gasteiger charge is 1.98. The Morgan fingerprint density at radius 1 is 1.00 bits per heavy atom. The third-order valence-electron chi connectivity index (χ3n) is 1.37. The van der Waals surface area contributed by atoms with E-state index in [4.69, 9.17) is 20.1 Å². The van der Waals surface area contributed by atoms with Gasteiger partial charge in [-0.1, -0.05) is 10.2 Å². The van der Waals surface area contributed by atoms with Crippen LogP contribution in [0.15, 0.2) is 10.2 Å². The van der Waals surface area contributed by atoms with Crippen LogP contribution in [0.2, 0.25) is 0 Å². The first-order chi connectivity index (χ1) is 7.81. The van der Waals surface area contributed by atoms with E-state index in [0.29, 0.717) is 25.9 Å². The Bertz CT molecular complexity index is 271. The first kappa shape index (κ1) is 14.8. The Morgan fingerprint density at radius 2 is 1.44 bits per heavy atom. The van der Waals surface area contributed by atoms with Crippen LogP contribution in [0.4, 0.5) is 0 Å². The second-order valence-corrected chi connectivity index (χ2v) is 3.64. The van der Waals surface area contributed by atoms with Gasteiger partial charge in [-0.3, -0.25) is 4.57 Å². The molecular formula is C6H13N6O3P. The van der Waals surface area contributed by atoms with Gasteiger partial charge in [-0.2, -0.15) is 0 Å². The molecule has 0 saturated carbocycles. The first-order valence-corrected chi connectivity index (χ1v) is 5.85. The van der Waals surface area contributed by atoms with E-state index in [1.54, 1.807) is 0 Å². The highest BCUT2D eigenvalue weighted by molar-refractivity contribution is 7.33. The second-order valence-electron chi connectivity index (χ2n) is 2.56. The fraction of sp³-hybridized carbons (Fsp3) is 1.00. The molecule has 16 heavy (non-hydrogen) atoms. The standard InChI is InChI=1S/C6H13N6O3P/c7-11-9-3-1-5-14-16(13)15-6-2-4-10-12-8/h16H,1-6H2. The number of azide groups is 2. The van der Waals surface area contributed by atoms with E-state index >= 15 is 0 Å². The van der Waals surface area contributed by atoms with Crippen molar-refractivity contribution < 1.29 is 13.6 Å². The summed E-state index contributed by atoms with van der Waals surface area (Å²) < 4.78 is 20.7. The molecule has 90 valence electrons. The first-order valence-electron chi connectivity index (χ1n) is 4.62. The Kier molecular flexibility index (Phi) is 10.9. The second kappa shape index (κ2) is 11.8. The van der Waals surface area contributed by atoms with Crippen molar-refractivity contribution >= 4 is 8.25 Å². The van der Waals surface area contributed by atoms with Crippen molar-refractivity contribution in [1.29, 1.82) is 0 Å². The van der Waals surface area contributed by atoms with Crippen LogP contribution in [-0.2, 0) is 13.6 Å². The van der Waals surface area contributed by atoms with Crippen LogP contribution >= 0.6 is 8.25 Å². The van der Waals surface area contributed by atoms with Crippen molar-refractivity contribution in [2.45, 2.75) is 12.8 Å². The maximum atomic E-state index is 11.0. The maximum absolute atomic E-state index is 11.0. The van der Waals surface area contributed by atoms with Crippen LogP contribution < -0.4 is 0 Å². The molecule has 0 fully saturated rings. The fourth-order valence-electron chi connectivity index (χ4n) is 0.713. The van der Waals surface area contributed by atoms with Gasteiger partial charge in [0, 0.05) is 22.9 Å². The van der Waals surface area contributed by atoms with Gasteiger partial charge in [-0.15, -0.1) is 0 Å². The lowest BCUT2D eigenvalue weighted by atomic mass is 10.5. The van der Waals surface area contributed by atoms with E-state index < -0.39 is 8.25 Å². The molecule has 0 heterocycles. The molecule has 0 unspecified atom stereocenters. The number of rotatable bonds is 10. The van der Waals surface area contributed by atoms with E-state index in [0.717, 1.165) is 0 Å². The van der Waals surface area contributed by atoms with E-state index in [9.17, 15) is 4.57 Å². The summed E-state index contributed by atoms with van der Waals surface area (Å²) in [5.41, 5.74) is 15.9. The molecule has 0 aromatic carbocycles. The predicted molar refractivity (Wildman–Crippen MR) is 58.2 cm³/mol. The number of hydrogen-bond donors (Lipinski definition) is 0. The normalized spacial score (nSPS) is 11.2. The van der Waals surface area contributed by atoms with E-state index in [1.165, 1.54) is 0 Å². The molecule has 0 aromatic heterocycles. The molecule has 0 aliphatic heterocycles. The van der Waals surface area contributed by atoms with Crippen molar-refractivity contribution in [3.8, 4) is 0 Å². The minimum absolute atomic E-state index is 0.229. The van der Waals surface area contributed by atoms with Crippen LogP contribution in [0.3, 0.4) is 0 Å². The summed E-state index contributed by atoms with van der Waals surface area (Å²) in [5.74, 6) is 0. The summed E-state index contributed by atoms with van der Waals surface area (Å²) in [6, 6.07) is 0. The SMILES string of the molecule is [N-]=[N+]=NCCCO[PH](=O)OCCCN=[N+]=[N-]. The van der Waals surface area contributed by atoms with Gasteiger partial charge >= 0.3 is 8.25 Å². The van der Waals surface area contributed by atoms with Gasteiger partial charge in [0.1, 0.15) is 0 Å². The van der Waals surface area contributed by atoms with Crippen molar-refractivity contribution in [3.05, 3.63) is 20.9 Å². The zero-order valence-electron chi connectivity index (χ0n) is 8.65. The lowest BCUT2D eigenvalue weighted by Gasteiger charge is -2.03. The summed E-state index contributed by atoms with van der Waals surface area (Å²) in [7, 11) is -2.48. The molecule has 0 radical (unpaired) electrons. The molecule has 0 saturated heterocycles. The quantitative estimate of drug-likeness (QED) is 0.193. The number of nitrogens with zero attached hydrogens (tertiary/aromatic N) is 6. The minimum atomic E-state index is -2.48. The average Bonchev–Trinajstić information content (AvgIpc) is 2.28. The molecule has 0 atom stereocenters. The topological polar surface area (TPSA) is 133 Å². The Hall–Kier alpha value is -1.23. The van der Waals surface area contributed by atoms with E-state index in [1.807, 2.05) is 0 Å². The minimum Gasteiger partial charge on any atom is -0.311 e. The van der Waals surface area contributed by atoms with Crippen LogP contribution in [0.25, 0.3) is 20.9 Å². The zero-order chi connectivity index (χ0) is 12.1. The van der Waals surface area contributed by atoms with Crippen LogP contribution in [-0.4, -0.2) is 26.3 Å². The largest absolute Gasteiger partial charge is 0.319 e. The van der Waals surface area contributed by atoms with Gasteiger partial charge in [0.25, 0.3) is 0 Å². The Labute approximate surface area is 92.9 Å². The molecule has 10 heteroatoms. The van der Waals surface area contributed by atoms with Gasteiger partial charge in [-0.25, -0.2) is 0 Å². The zero-order valence-corrected chi connectivity index (χ0v) is 9.65. The van der Waals surface area contributed by atoms with Gasteiger partial charge in [-0.05, 0) is 23.9 Å². The van der Waals surface area contributed by atoms with Crippen molar-refractivity contribution in [2.75, 3.05) is 26.3 Å². The summed E-state index contributed by atoms with van der Waals surface area (Å²) in [4.78, 5) is 5.12. The van der Waals surface area contributed by atoms with Crippen molar-refractivity contribution in [1.82, 2.24) is 0 Å². The summed E-state index contributed by atoms with van der Waals surface area (Å²) in [6.45, 7) is 1.07. The molecule has 0 bridgehead atoms. The van der Waals surface area contributed by atoms with Crippen molar-refractivity contribution in [3.63, 3.8) is 0 Å². The molecule has 0 spiro atoms. The molecule has 0 aromatic rings. The van der Waals surface area contributed by atoms with Crippen LogP contribution in [0.1, 0.15) is 12.8 Å². The van der Waals surface area contributed by atoms with Crippen molar-refractivity contribution in [2.24, 2.45) is 10.2 Å². The van der Waals surface area contributed by atoms with E-state index in [2.05, 4.69) is 20.1 Å². The highest BCUT2D eigenvalue weighted by atomic mass is 31.1. The molecule has 0 rings (SSSR count). The summed E-state index contributed by atoms with van der Waals surface area (Å²) >= 11 is 0. The highest BCUT2D eigenvalue weighted by Crippen LogP contribution is 2.23. The molecule has 9 nitrogen and oxygen atoms in total. The van der Waals surface area contributed by atoms with Crippen LogP contribution in [0, 0.1) is 0 Å². The number of hydrogen-bond acceptors (Lipinski definition) is 5. The van der Waals surface area contributed by atoms with Gasteiger partial charge in [0.05, 0.1) is 13.2 Å². The molecule has 0 amide bonds. The monoisotopic (exact) mass is 248 g/mol. The van der Waals surface area contributed by atoms with Gasteiger partial charge < -0.3 is 9.05 Å². The molecule has 0 N–H and O–H groups in total. The predicted octanol–water partition coefficient (Wildman–Crippen LogP) is 2.81. The Balaban J connectivity index is 3.30. The lowest BCUT2D eigenvalue weighted by molar-refractivity contribution is 0.223. The van der Waals surface area contributed by atoms with Gasteiger partial charge in [0.2, 0.25) is 0 Å².